The van der Waals surface area contributed by atoms with Crippen LogP contribution in [0.5, 0.6) is 0 Å². The van der Waals surface area contributed by atoms with Gasteiger partial charge in [0.1, 0.15) is 11.6 Å². The minimum Gasteiger partial charge on any atom is -0.444 e. The van der Waals surface area contributed by atoms with E-state index in [0.29, 0.717) is 25.9 Å². The number of ether oxygens (including phenoxy) is 1. The molecule has 0 radical (unpaired) electrons. The molecule has 1 aromatic rings. The fourth-order valence-corrected chi connectivity index (χ4v) is 4.65. The quantitative estimate of drug-likeness (QED) is 0.602. The van der Waals surface area contributed by atoms with Gasteiger partial charge in [-0.05, 0) is 66.0 Å². The number of piperidine rings is 1. The highest BCUT2D eigenvalue weighted by atomic mass is 16.6. The minimum absolute atomic E-state index is 0.186. The SMILES string of the molecule is CCN(CCCN(CC)c1cccc2c1CCN2C1CCC(=O)NC1=O)C(=O)OC(C)(C)C. The third-order valence-corrected chi connectivity index (χ3v) is 6.24. The molecule has 0 aromatic heterocycles. The number of nitrogens with zero attached hydrogens (tertiary/aromatic N) is 3. The summed E-state index contributed by atoms with van der Waals surface area (Å²) in [6.45, 7) is 13.5. The maximum absolute atomic E-state index is 12.4. The van der Waals surface area contributed by atoms with Gasteiger partial charge in [-0.25, -0.2) is 4.79 Å². The molecule has 2 heterocycles. The lowest BCUT2D eigenvalue weighted by molar-refractivity contribution is -0.134. The summed E-state index contributed by atoms with van der Waals surface area (Å²) in [6.07, 6.45) is 2.38. The van der Waals surface area contributed by atoms with Crippen molar-refractivity contribution < 1.29 is 19.1 Å². The van der Waals surface area contributed by atoms with Gasteiger partial charge in [0.05, 0.1) is 0 Å². The Kier molecular flexibility index (Phi) is 7.87. The Morgan fingerprint density at radius 3 is 2.55 bits per heavy atom. The predicted molar refractivity (Wildman–Crippen MR) is 130 cm³/mol. The maximum atomic E-state index is 12.4. The zero-order valence-electron chi connectivity index (χ0n) is 20.6. The van der Waals surface area contributed by atoms with Crippen molar-refractivity contribution in [3.8, 4) is 0 Å². The summed E-state index contributed by atoms with van der Waals surface area (Å²) in [5, 5.41) is 2.48. The molecule has 8 heteroatoms. The molecule has 0 aliphatic carbocycles. The van der Waals surface area contributed by atoms with Crippen LogP contribution in [-0.4, -0.2) is 67.2 Å². The zero-order chi connectivity index (χ0) is 24.2. The summed E-state index contributed by atoms with van der Waals surface area (Å²) < 4.78 is 5.52. The van der Waals surface area contributed by atoms with Crippen LogP contribution in [0.3, 0.4) is 0 Å². The number of anilines is 2. The largest absolute Gasteiger partial charge is 0.444 e. The molecule has 1 saturated heterocycles. The molecule has 2 aliphatic heterocycles. The average molecular weight is 459 g/mol. The Bertz CT molecular complexity index is 880. The van der Waals surface area contributed by atoms with E-state index in [2.05, 4.69) is 34.2 Å². The molecular weight excluding hydrogens is 420 g/mol. The summed E-state index contributed by atoms with van der Waals surface area (Å²) in [5.74, 6) is -0.382. The lowest BCUT2D eigenvalue weighted by atomic mass is 10.0. The lowest BCUT2D eigenvalue weighted by Gasteiger charge is -2.32. The van der Waals surface area contributed by atoms with Crippen molar-refractivity contribution in [2.45, 2.75) is 71.9 Å². The number of carbonyl (C=O) groups excluding carboxylic acids is 3. The number of amides is 3. The van der Waals surface area contributed by atoms with E-state index < -0.39 is 5.60 Å². The molecule has 1 N–H and O–H groups in total. The van der Waals surface area contributed by atoms with Gasteiger partial charge in [-0.1, -0.05) is 6.07 Å². The van der Waals surface area contributed by atoms with E-state index in [1.165, 1.54) is 11.3 Å². The van der Waals surface area contributed by atoms with Crippen molar-refractivity contribution in [2.75, 3.05) is 42.5 Å². The molecule has 3 rings (SSSR count). The molecule has 1 fully saturated rings. The van der Waals surface area contributed by atoms with Crippen LogP contribution in [0, 0.1) is 0 Å². The van der Waals surface area contributed by atoms with E-state index in [-0.39, 0.29) is 23.9 Å². The predicted octanol–water partition coefficient (Wildman–Crippen LogP) is 3.33. The van der Waals surface area contributed by atoms with Crippen molar-refractivity contribution in [2.24, 2.45) is 0 Å². The van der Waals surface area contributed by atoms with Crippen molar-refractivity contribution in [3.05, 3.63) is 23.8 Å². The van der Waals surface area contributed by atoms with Crippen molar-refractivity contribution in [3.63, 3.8) is 0 Å². The summed E-state index contributed by atoms with van der Waals surface area (Å²) in [6, 6.07) is 5.97. The van der Waals surface area contributed by atoms with Crippen LogP contribution in [-0.2, 0) is 20.7 Å². The molecule has 0 spiro atoms. The first-order valence-corrected chi connectivity index (χ1v) is 12.1. The summed E-state index contributed by atoms with van der Waals surface area (Å²) in [7, 11) is 0. The Balaban J connectivity index is 1.67. The first-order chi connectivity index (χ1) is 15.6. The second-order valence-electron chi connectivity index (χ2n) is 9.68. The summed E-state index contributed by atoms with van der Waals surface area (Å²) in [5.41, 5.74) is 3.02. The monoisotopic (exact) mass is 458 g/mol. The smallest absolute Gasteiger partial charge is 0.410 e. The number of hydrogen-bond acceptors (Lipinski definition) is 6. The van der Waals surface area contributed by atoms with Gasteiger partial charge >= 0.3 is 6.09 Å². The lowest BCUT2D eigenvalue weighted by Crippen LogP contribution is -2.52. The molecular formula is C25H38N4O4. The third-order valence-electron chi connectivity index (χ3n) is 6.24. The molecule has 0 saturated carbocycles. The molecule has 1 unspecified atom stereocenters. The van der Waals surface area contributed by atoms with E-state index in [4.69, 9.17) is 4.74 Å². The Labute approximate surface area is 197 Å². The van der Waals surface area contributed by atoms with Crippen molar-refractivity contribution in [1.82, 2.24) is 10.2 Å². The summed E-state index contributed by atoms with van der Waals surface area (Å²) in [4.78, 5) is 42.6. The van der Waals surface area contributed by atoms with Crippen molar-refractivity contribution >= 4 is 29.3 Å². The highest BCUT2D eigenvalue weighted by Crippen LogP contribution is 2.37. The molecule has 8 nitrogen and oxygen atoms in total. The second-order valence-corrected chi connectivity index (χ2v) is 9.68. The van der Waals surface area contributed by atoms with Crippen LogP contribution in [0.4, 0.5) is 16.2 Å². The molecule has 33 heavy (non-hydrogen) atoms. The number of hydrogen-bond donors (Lipinski definition) is 1. The number of benzene rings is 1. The van der Waals surface area contributed by atoms with Gasteiger partial charge in [-0.15, -0.1) is 0 Å². The van der Waals surface area contributed by atoms with Crippen LogP contribution < -0.4 is 15.1 Å². The van der Waals surface area contributed by atoms with E-state index in [9.17, 15) is 14.4 Å². The highest BCUT2D eigenvalue weighted by molar-refractivity contribution is 6.02. The van der Waals surface area contributed by atoms with Gasteiger partial charge in [0.2, 0.25) is 11.8 Å². The molecule has 182 valence electrons. The minimum atomic E-state index is -0.501. The fraction of sp³-hybridized carbons (Fsp3) is 0.640. The molecule has 3 amide bonds. The third kappa shape index (κ3) is 5.97. The first kappa shape index (κ1) is 24.9. The first-order valence-electron chi connectivity index (χ1n) is 12.1. The van der Waals surface area contributed by atoms with E-state index >= 15 is 0 Å². The number of rotatable bonds is 8. The van der Waals surface area contributed by atoms with Crippen LogP contribution >= 0.6 is 0 Å². The fourth-order valence-electron chi connectivity index (χ4n) is 4.65. The topological polar surface area (TPSA) is 82.2 Å². The van der Waals surface area contributed by atoms with E-state index in [0.717, 1.165) is 38.2 Å². The number of fused-ring (bicyclic) bond motifs is 1. The van der Waals surface area contributed by atoms with Gasteiger partial charge in [-0.2, -0.15) is 0 Å². The van der Waals surface area contributed by atoms with Gasteiger partial charge < -0.3 is 19.4 Å². The summed E-state index contributed by atoms with van der Waals surface area (Å²) >= 11 is 0. The van der Waals surface area contributed by atoms with Crippen molar-refractivity contribution in [1.29, 1.82) is 0 Å². The van der Waals surface area contributed by atoms with Crippen LogP contribution in [0.25, 0.3) is 0 Å². The highest BCUT2D eigenvalue weighted by Gasteiger charge is 2.36. The van der Waals surface area contributed by atoms with E-state index in [1.807, 2.05) is 33.8 Å². The molecule has 2 aliphatic rings. The van der Waals surface area contributed by atoms with Crippen LogP contribution in [0.2, 0.25) is 0 Å². The maximum Gasteiger partial charge on any atom is 0.410 e. The van der Waals surface area contributed by atoms with Crippen LogP contribution in [0.1, 0.15) is 59.4 Å². The number of carbonyl (C=O) groups is 3. The second kappa shape index (κ2) is 10.4. The van der Waals surface area contributed by atoms with Gasteiger partial charge in [0.15, 0.2) is 0 Å². The van der Waals surface area contributed by atoms with E-state index in [1.54, 1.807) is 4.90 Å². The molecule has 1 aromatic carbocycles. The molecule has 0 bridgehead atoms. The van der Waals surface area contributed by atoms with Gasteiger partial charge in [0, 0.05) is 56.1 Å². The number of imide groups is 1. The van der Waals surface area contributed by atoms with Gasteiger partial charge in [-0.3, -0.25) is 14.9 Å². The number of nitrogens with one attached hydrogen (secondary N) is 1. The normalized spacial score (nSPS) is 18.1. The Hall–Kier alpha value is -2.77. The Morgan fingerprint density at radius 2 is 1.91 bits per heavy atom. The molecule has 1 atom stereocenters. The standard InChI is InChI=1S/C25H38N4O4/c1-6-27(15-9-16-28(7-2)24(32)33-25(3,4)5)19-10-8-11-20-18(19)14-17-29(20)21-12-13-22(30)26-23(21)31/h8,10-11,21H,6-7,9,12-17H2,1-5H3,(H,26,30,31). The van der Waals surface area contributed by atoms with Gasteiger partial charge in [0.25, 0.3) is 0 Å². The Morgan fingerprint density at radius 1 is 1.15 bits per heavy atom. The average Bonchev–Trinajstić information content (AvgIpc) is 3.17. The zero-order valence-corrected chi connectivity index (χ0v) is 20.6. The van der Waals surface area contributed by atoms with Crippen LogP contribution in [0.15, 0.2) is 18.2 Å².